The number of esters is 1. The number of piperazine rings is 1. The predicted octanol–water partition coefficient (Wildman–Crippen LogP) is 2.16. The molecule has 1 fully saturated rings. The predicted molar refractivity (Wildman–Crippen MR) is 104 cm³/mol. The van der Waals surface area contributed by atoms with Gasteiger partial charge in [0.05, 0.1) is 19.0 Å². The Hall–Kier alpha value is -2.06. The maximum absolute atomic E-state index is 12.4. The number of hydrogen-bond acceptors (Lipinski definition) is 6. The van der Waals surface area contributed by atoms with Crippen molar-refractivity contribution in [1.29, 1.82) is 0 Å². The van der Waals surface area contributed by atoms with E-state index in [4.69, 9.17) is 11.6 Å². The van der Waals surface area contributed by atoms with Crippen molar-refractivity contribution in [3.8, 4) is 0 Å². The first-order valence-electron chi connectivity index (χ1n) is 8.07. The van der Waals surface area contributed by atoms with E-state index in [2.05, 4.69) is 35.6 Å². The average Bonchev–Trinajstić information content (AvgIpc) is 2.66. The standard InChI is InChI=1S/C17H18BrClN4O3/c1-26-15(24)11-23-17(25)16(18)14(10-20-23)22-7-5-21(6-8-22)13-4-2-3-12(19)9-13/h2-4,9-10H,5-8,11H2,1H3. The lowest BCUT2D eigenvalue weighted by molar-refractivity contribution is -0.141. The molecule has 1 aliphatic heterocycles. The molecule has 1 aliphatic rings. The number of rotatable bonds is 4. The van der Waals surface area contributed by atoms with Crippen molar-refractivity contribution in [3.05, 3.63) is 50.3 Å². The molecule has 0 N–H and O–H groups in total. The fourth-order valence-corrected chi connectivity index (χ4v) is 3.60. The number of ether oxygens (including phenoxy) is 1. The molecular weight excluding hydrogens is 424 g/mol. The first-order chi connectivity index (χ1) is 12.5. The molecular formula is C17H18BrClN4O3. The summed E-state index contributed by atoms with van der Waals surface area (Å²) in [6, 6.07) is 7.77. The molecule has 9 heteroatoms. The van der Waals surface area contributed by atoms with Crippen molar-refractivity contribution >= 4 is 44.9 Å². The second-order valence-electron chi connectivity index (χ2n) is 5.84. The Labute approximate surface area is 164 Å². The van der Waals surface area contributed by atoms with Crippen molar-refractivity contribution in [1.82, 2.24) is 9.78 Å². The van der Waals surface area contributed by atoms with Crippen molar-refractivity contribution in [2.24, 2.45) is 0 Å². The number of nitrogens with zero attached hydrogens (tertiary/aromatic N) is 4. The van der Waals surface area contributed by atoms with Gasteiger partial charge in [-0.2, -0.15) is 5.10 Å². The smallest absolute Gasteiger partial charge is 0.327 e. The van der Waals surface area contributed by atoms with Gasteiger partial charge >= 0.3 is 5.97 Å². The highest BCUT2D eigenvalue weighted by Crippen LogP contribution is 2.25. The lowest BCUT2D eigenvalue weighted by atomic mass is 10.2. The third-order valence-electron chi connectivity index (χ3n) is 4.27. The zero-order valence-corrected chi connectivity index (χ0v) is 16.5. The largest absolute Gasteiger partial charge is 0.468 e. The topological polar surface area (TPSA) is 67.7 Å². The zero-order valence-electron chi connectivity index (χ0n) is 14.2. The number of carbonyl (C=O) groups is 1. The van der Waals surface area contributed by atoms with E-state index in [1.54, 1.807) is 6.20 Å². The second-order valence-corrected chi connectivity index (χ2v) is 7.07. The van der Waals surface area contributed by atoms with Crippen molar-refractivity contribution < 1.29 is 9.53 Å². The monoisotopic (exact) mass is 440 g/mol. The van der Waals surface area contributed by atoms with Gasteiger partial charge in [0.1, 0.15) is 11.0 Å². The Bertz CT molecular complexity index is 865. The molecule has 138 valence electrons. The summed E-state index contributed by atoms with van der Waals surface area (Å²) < 4.78 is 6.06. The third kappa shape index (κ3) is 4.02. The Morgan fingerprint density at radius 1 is 1.27 bits per heavy atom. The third-order valence-corrected chi connectivity index (χ3v) is 5.25. The van der Waals surface area contributed by atoms with Crippen LogP contribution in [0.3, 0.4) is 0 Å². The van der Waals surface area contributed by atoms with Crippen LogP contribution in [0.2, 0.25) is 5.02 Å². The molecule has 0 atom stereocenters. The van der Waals surface area contributed by atoms with Gasteiger partial charge in [-0.25, -0.2) is 4.68 Å². The van der Waals surface area contributed by atoms with Gasteiger partial charge in [0.2, 0.25) is 0 Å². The van der Waals surface area contributed by atoms with Crippen LogP contribution in [0, 0.1) is 0 Å². The first-order valence-corrected chi connectivity index (χ1v) is 9.24. The average molecular weight is 442 g/mol. The van der Waals surface area contributed by atoms with Crippen LogP contribution in [0.25, 0.3) is 0 Å². The van der Waals surface area contributed by atoms with Crippen LogP contribution in [0.5, 0.6) is 0 Å². The molecule has 0 aliphatic carbocycles. The summed E-state index contributed by atoms with van der Waals surface area (Å²) in [6.45, 7) is 2.88. The number of halogens is 2. The zero-order chi connectivity index (χ0) is 18.7. The van der Waals surface area contributed by atoms with E-state index in [1.165, 1.54) is 7.11 Å². The second kappa shape index (κ2) is 8.09. The number of methoxy groups -OCH3 is 1. The number of anilines is 2. The molecule has 7 nitrogen and oxygen atoms in total. The highest BCUT2D eigenvalue weighted by molar-refractivity contribution is 9.10. The van der Waals surface area contributed by atoms with Crippen LogP contribution in [-0.4, -0.2) is 49.0 Å². The van der Waals surface area contributed by atoms with E-state index in [0.29, 0.717) is 9.50 Å². The van der Waals surface area contributed by atoms with E-state index >= 15 is 0 Å². The van der Waals surface area contributed by atoms with Crippen LogP contribution >= 0.6 is 27.5 Å². The van der Waals surface area contributed by atoms with E-state index in [-0.39, 0.29) is 12.1 Å². The van der Waals surface area contributed by atoms with Crippen LogP contribution in [0.1, 0.15) is 0 Å². The molecule has 1 aromatic heterocycles. The van der Waals surface area contributed by atoms with E-state index in [1.807, 2.05) is 24.3 Å². The maximum Gasteiger partial charge on any atom is 0.327 e. The molecule has 2 aromatic rings. The lowest BCUT2D eigenvalue weighted by Gasteiger charge is -2.37. The minimum Gasteiger partial charge on any atom is -0.468 e. The SMILES string of the molecule is COC(=O)Cn1ncc(N2CCN(c3cccc(Cl)c3)CC2)c(Br)c1=O. The van der Waals surface area contributed by atoms with Crippen molar-refractivity contribution in [3.63, 3.8) is 0 Å². The Balaban J connectivity index is 1.72. The van der Waals surface area contributed by atoms with Crippen LogP contribution in [0.15, 0.2) is 39.7 Å². The van der Waals surface area contributed by atoms with Gasteiger partial charge in [0, 0.05) is 36.9 Å². The minimum absolute atomic E-state index is 0.212. The number of aromatic nitrogens is 2. The van der Waals surface area contributed by atoms with Gasteiger partial charge in [-0.1, -0.05) is 17.7 Å². The Kier molecular flexibility index (Phi) is 5.83. The molecule has 0 bridgehead atoms. The van der Waals surface area contributed by atoms with E-state index in [0.717, 1.165) is 42.2 Å². The summed E-state index contributed by atoms with van der Waals surface area (Å²) in [4.78, 5) is 28.1. The van der Waals surface area contributed by atoms with Crippen molar-refractivity contribution in [2.75, 3.05) is 43.1 Å². The fourth-order valence-electron chi connectivity index (χ4n) is 2.85. The Morgan fingerprint density at radius 3 is 2.62 bits per heavy atom. The normalized spacial score (nSPS) is 14.4. The van der Waals surface area contributed by atoms with Gasteiger partial charge in [-0.15, -0.1) is 0 Å². The Morgan fingerprint density at radius 2 is 1.96 bits per heavy atom. The van der Waals surface area contributed by atoms with Crippen LogP contribution in [-0.2, 0) is 16.1 Å². The van der Waals surface area contributed by atoms with Gasteiger partial charge in [-0.3, -0.25) is 9.59 Å². The fraction of sp³-hybridized carbons (Fsp3) is 0.353. The van der Waals surface area contributed by atoms with Gasteiger partial charge in [0.15, 0.2) is 0 Å². The summed E-state index contributed by atoms with van der Waals surface area (Å²) in [5.41, 5.74) is 1.45. The van der Waals surface area contributed by atoms with Gasteiger partial charge < -0.3 is 14.5 Å². The molecule has 2 heterocycles. The summed E-state index contributed by atoms with van der Waals surface area (Å²) >= 11 is 9.42. The maximum atomic E-state index is 12.4. The number of benzene rings is 1. The molecule has 0 unspecified atom stereocenters. The summed E-state index contributed by atoms with van der Waals surface area (Å²) in [7, 11) is 1.27. The highest BCUT2D eigenvalue weighted by atomic mass is 79.9. The minimum atomic E-state index is -0.519. The summed E-state index contributed by atoms with van der Waals surface area (Å²) in [5.74, 6) is -0.519. The molecule has 26 heavy (non-hydrogen) atoms. The molecule has 0 radical (unpaired) electrons. The highest BCUT2D eigenvalue weighted by Gasteiger charge is 2.22. The van der Waals surface area contributed by atoms with Gasteiger partial charge in [-0.05, 0) is 34.1 Å². The van der Waals surface area contributed by atoms with E-state index < -0.39 is 5.97 Å². The van der Waals surface area contributed by atoms with Crippen LogP contribution in [0.4, 0.5) is 11.4 Å². The van der Waals surface area contributed by atoms with Crippen LogP contribution < -0.4 is 15.4 Å². The number of carbonyl (C=O) groups excluding carboxylic acids is 1. The summed E-state index contributed by atoms with van der Waals surface area (Å²) in [6.07, 6.45) is 1.60. The molecule has 1 aromatic carbocycles. The quantitative estimate of drug-likeness (QED) is 0.678. The molecule has 0 saturated carbocycles. The lowest BCUT2D eigenvalue weighted by Crippen LogP contribution is -2.47. The molecule has 1 saturated heterocycles. The number of hydrogen-bond donors (Lipinski definition) is 0. The molecule has 3 rings (SSSR count). The first kappa shape index (κ1) is 18.7. The molecule has 0 amide bonds. The van der Waals surface area contributed by atoms with E-state index in [9.17, 15) is 9.59 Å². The summed E-state index contributed by atoms with van der Waals surface area (Å²) in [5, 5.41) is 4.81. The molecule has 0 spiro atoms. The van der Waals surface area contributed by atoms with Crippen molar-refractivity contribution in [2.45, 2.75) is 6.54 Å². The van der Waals surface area contributed by atoms with Gasteiger partial charge in [0.25, 0.3) is 5.56 Å².